The number of rotatable bonds is 7. The minimum Gasteiger partial charge on any atom is -0.356 e. The molecule has 156 valence electrons. The second-order valence-corrected chi connectivity index (χ2v) is 7.98. The van der Waals surface area contributed by atoms with Gasteiger partial charge < -0.3 is 9.84 Å². The molecule has 2 aromatic carbocycles. The SMILES string of the molecule is O=C(NCCc1ccccc1)C1CCN(Cc2nc(-c3ccccc3Cl)no2)CC1. The summed E-state index contributed by atoms with van der Waals surface area (Å²) in [6, 6.07) is 17.7. The van der Waals surface area contributed by atoms with E-state index in [1.54, 1.807) is 0 Å². The molecule has 0 saturated carbocycles. The molecule has 0 spiro atoms. The van der Waals surface area contributed by atoms with E-state index in [2.05, 4.69) is 32.5 Å². The second-order valence-electron chi connectivity index (χ2n) is 7.57. The maximum atomic E-state index is 12.5. The lowest BCUT2D eigenvalue weighted by Crippen LogP contribution is -2.40. The van der Waals surface area contributed by atoms with E-state index in [9.17, 15) is 4.79 Å². The van der Waals surface area contributed by atoms with Crippen molar-refractivity contribution in [2.75, 3.05) is 19.6 Å². The van der Waals surface area contributed by atoms with Crippen LogP contribution in [0.25, 0.3) is 11.4 Å². The Hall–Kier alpha value is -2.70. The van der Waals surface area contributed by atoms with E-state index in [0.29, 0.717) is 29.8 Å². The third-order valence-electron chi connectivity index (χ3n) is 5.46. The summed E-state index contributed by atoms with van der Waals surface area (Å²) in [5.41, 5.74) is 2.00. The van der Waals surface area contributed by atoms with Gasteiger partial charge in [0.05, 0.1) is 11.6 Å². The number of carbonyl (C=O) groups excluding carboxylic acids is 1. The number of aromatic nitrogens is 2. The molecule has 2 heterocycles. The van der Waals surface area contributed by atoms with Crippen molar-refractivity contribution < 1.29 is 9.32 Å². The van der Waals surface area contributed by atoms with Gasteiger partial charge in [-0.05, 0) is 50.0 Å². The Balaban J connectivity index is 1.22. The van der Waals surface area contributed by atoms with E-state index < -0.39 is 0 Å². The molecular weight excluding hydrogens is 400 g/mol. The van der Waals surface area contributed by atoms with Gasteiger partial charge in [0.25, 0.3) is 0 Å². The van der Waals surface area contributed by atoms with Crippen LogP contribution in [0.3, 0.4) is 0 Å². The zero-order valence-electron chi connectivity index (χ0n) is 16.8. The molecule has 1 fully saturated rings. The maximum Gasteiger partial charge on any atom is 0.241 e. The molecular formula is C23H25ClN4O2. The zero-order chi connectivity index (χ0) is 20.8. The highest BCUT2D eigenvalue weighted by Crippen LogP contribution is 2.25. The Bertz CT molecular complexity index is 968. The van der Waals surface area contributed by atoms with E-state index >= 15 is 0 Å². The first-order valence-electron chi connectivity index (χ1n) is 10.3. The summed E-state index contributed by atoms with van der Waals surface area (Å²) in [7, 11) is 0. The van der Waals surface area contributed by atoms with Crippen LogP contribution in [0.2, 0.25) is 5.02 Å². The Labute approximate surface area is 181 Å². The molecule has 30 heavy (non-hydrogen) atoms. The molecule has 1 aliphatic rings. The minimum atomic E-state index is 0.0680. The molecule has 0 aliphatic carbocycles. The first-order chi connectivity index (χ1) is 14.7. The number of nitrogens with zero attached hydrogens (tertiary/aromatic N) is 3. The monoisotopic (exact) mass is 424 g/mol. The molecule has 1 aromatic heterocycles. The summed E-state index contributed by atoms with van der Waals surface area (Å²) in [4.78, 5) is 19.2. The topological polar surface area (TPSA) is 71.3 Å². The highest BCUT2D eigenvalue weighted by molar-refractivity contribution is 6.33. The molecule has 1 N–H and O–H groups in total. The molecule has 7 heteroatoms. The highest BCUT2D eigenvalue weighted by atomic mass is 35.5. The van der Waals surface area contributed by atoms with Crippen molar-refractivity contribution in [2.45, 2.75) is 25.8 Å². The van der Waals surface area contributed by atoms with Gasteiger partial charge in [-0.25, -0.2) is 0 Å². The fourth-order valence-corrected chi connectivity index (χ4v) is 3.95. The van der Waals surface area contributed by atoms with Gasteiger partial charge in [-0.3, -0.25) is 9.69 Å². The van der Waals surface area contributed by atoms with Gasteiger partial charge in [0, 0.05) is 18.0 Å². The fraction of sp³-hybridized carbons (Fsp3) is 0.348. The smallest absolute Gasteiger partial charge is 0.241 e. The Morgan fingerprint density at radius 2 is 1.83 bits per heavy atom. The van der Waals surface area contributed by atoms with E-state index in [1.807, 2.05) is 42.5 Å². The maximum absolute atomic E-state index is 12.5. The van der Waals surface area contributed by atoms with Crippen LogP contribution in [0.1, 0.15) is 24.3 Å². The van der Waals surface area contributed by atoms with Crippen molar-refractivity contribution in [3.8, 4) is 11.4 Å². The average Bonchev–Trinajstić information content (AvgIpc) is 3.23. The van der Waals surface area contributed by atoms with Crippen LogP contribution in [0.4, 0.5) is 0 Å². The number of hydrogen-bond acceptors (Lipinski definition) is 5. The van der Waals surface area contributed by atoms with Gasteiger partial charge in [0.1, 0.15) is 0 Å². The zero-order valence-corrected chi connectivity index (χ0v) is 17.5. The molecule has 4 rings (SSSR count). The van der Waals surface area contributed by atoms with E-state index in [0.717, 1.165) is 37.9 Å². The molecule has 1 amide bonds. The molecule has 1 aliphatic heterocycles. The molecule has 0 atom stereocenters. The standard InChI is InChI=1S/C23H25ClN4O2/c24-20-9-5-4-8-19(20)22-26-21(30-27-22)16-28-14-11-18(12-15-28)23(29)25-13-10-17-6-2-1-3-7-17/h1-9,18H,10-16H2,(H,25,29). The quantitative estimate of drug-likeness (QED) is 0.621. The van der Waals surface area contributed by atoms with Crippen molar-refractivity contribution in [3.05, 3.63) is 71.1 Å². The van der Waals surface area contributed by atoms with Crippen LogP contribution in [-0.2, 0) is 17.8 Å². The van der Waals surface area contributed by atoms with Gasteiger partial charge in [-0.15, -0.1) is 0 Å². The molecule has 3 aromatic rings. The number of likely N-dealkylation sites (tertiary alicyclic amines) is 1. The van der Waals surface area contributed by atoms with E-state index in [1.165, 1.54) is 5.56 Å². The van der Waals surface area contributed by atoms with E-state index in [4.69, 9.17) is 16.1 Å². The number of halogens is 1. The normalized spacial score (nSPS) is 15.2. The van der Waals surface area contributed by atoms with Crippen molar-refractivity contribution in [1.29, 1.82) is 0 Å². The summed E-state index contributed by atoms with van der Waals surface area (Å²) in [5, 5.41) is 7.74. The van der Waals surface area contributed by atoms with Crippen LogP contribution < -0.4 is 5.32 Å². The van der Waals surface area contributed by atoms with E-state index in [-0.39, 0.29) is 11.8 Å². The van der Waals surface area contributed by atoms with Gasteiger partial charge in [-0.1, -0.05) is 59.2 Å². The number of benzene rings is 2. The summed E-state index contributed by atoms with van der Waals surface area (Å²) < 4.78 is 5.41. The molecule has 1 saturated heterocycles. The number of carbonyl (C=O) groups is 1. The second kappa shape index (κ2) is 9.87. The van der Waals surface area contributed by atoms with Gasteiger partial charge >= 0.3 is 0 Å². The lowest BCUT2D eigenvalue weighted by atomic mass is 9.96. The van der Waals surface area contributed by atoms with Crippen molar-refractivity contribution in [2.24, 2.45) is 5.92 Å². The van der Waals surface area contributed by atoms with Crippen LogP contribution in [0.5, 0.6) is 0 Å². The molecule has 0 radical (unpaired) electrons. The van der Waals surface area contributed by atoms with Crippen LogP contribution in [0, 0.1) is 5.92 Å². The fourth-order valence-electron chi connectivity index (χ4n) is 3.73. The Kier molecular flexibility index (Phi) is 6.77. The first-order valence-corrected chi connectivity index (χ1v) is 10.7. The third kappa shape index (κ3) is 5.26. The average molecular weight is 425 g/mol. The number of amides is 1. The molecule has 0 bridgehead atoms. The minimum absolute atomic E-state index is 0.0680. The number of hydrogen-bond donors (Lipinski definition) is 1. The van der Waals surface area contributed by atoms with Gasteiger partial charge in [-0.2, -0.15) is 4.98 Å². The molecule has 6 nitrogen and oxygen atoms in total. The summed E-state index contributed by atoms with van der Waals surface area (Å²) in [6.45, 7) is 2.93. The van der Waals surface area contributed by atoms with Crippen molar-refractivity contribution in [3.63, 3.8) is 0 Å². The Morgan fingerprint density at radius 1 is 1.10 bits per heavy atom. The summed E-state index contributed by atoms with van der Waals surface area (Å²) in [6.07, 6.45) is 2.53. The largest absolute Gasteiger partial charge is 0.356 e. The first kappa shape index (κ1) is 20.6. The van der Waals surface area contributed by atoms with Gasteiger partial charge in [0.15, 0.2) is 0 Å². The highest BCUT2D eigenvalue weighted by Gasteiger charge is 2.26. The Morgan fingerprint density at radius 3 is 2.60 bits per heavy atom. The van der Waals surface area contributed by atoms with Gasteiger partial charge in [0.2, 0.25) is 17.6 Å². The summed E-state index contributed by atoms with van der Waals surface area (Å²) >= 11 is 6.21. The van der Waals surface area contributed by atoms with Crippen molar-refractivity contribution >= 4 is 17.5 Å². The number of piperidine rings is 1. The van der Waals surface area contributed by atoms with Crippen molar-refractivity contribution in [1.82, 2.24) is 20.4 Å². The third-order valence-corrected chi connectivity index (χ3v) is 5.79. The lowest BCUT2D eigenvalue weighted by molar-refractivity contribution is -0.126. The lowest BCUT2D eigenvalue weighted by Gasteiger charge is -2.30. The predicted molar refractivity (Wildman–Crippen MR) is 116 cm³/mol. The summed E-state index contributed by atoms with van der Waals surface area (Å²) in [5.74, 6) is 1.29. The molecule has 0 unspecified atom stereocenters. The van der Waals surface area contributed by atoms with Crippen LogP contribution >= 0.6 is 11.6 Å². The predicted octanol–water partition coefficient (Wildman–Crippen LogP) is 3.96. The van der Waals surface area contributed by atoms with Crippen LogP contribution in [-0.4, -0.2) is 40.6 Å². The van der Waals surface area contributed by atoms with Crippen LogP contribution in [0.15, 0.2) is 59.1 Å². The number of nitrogens with one attached hydrogen (secondary N) is 1.